The molecule has 36 heavy (non-hydrogen) atoms. The highest BCUT2D eigenvalue weighted by Crippen LogP contribution is 2.27. The molecule has 1 aliphatic heterocycles. The molecule has 0 bridgehead atoms. The lowest BCUT2D eigenvalue weighted by Crippen LogP contribution is -2.38. The summed E-state index contributed by atoms with van der Waals surface area (Å²) in [4.78, 5) is 40.1. The van der Waals surface area contributed by atoms with Crippen LogP contribution in [0.2, 0.25) is 0 Å². The third-order valence-electron chi connectivity index (χ3n) is 5.53. The van der Waals surface area contributed by atoms with E-state index in [0.717, 1.165) is 35.4 Å². The fourth-order valence-electron chi connectivity index (χ4n) is 3.70. The van der Waals surface area contributed by atoms with Crippen LogP contribution < -0.4 is 0 Å². The molecule has 1 amide bonds. The molecule has 0 aliphatic carbocycles. The highest BCUT2D eigenvalue weighted by molar-refractivity contribution is 5.92. The predicted molar refractivity (Wildman–Crippen MR) is 120 cm³/mol. The van der Waals surface area contributed by atoms with E-state index in [4.69, 9.17) is 20.0 Å². The van der Waals surface area contributed by atoms with E-state index in [1.165, 1.54) is 6.20 Å². The number of aliphatic carboxylic acids is 1. The molecule has 1 aliphatic rings. The van der Waals surface area contributed by atoms with Crippen LogP contribution in [0.5, 0.6) is 0 Å². The normalized spacial score (nSPS) is 14.2. The summed E-state index contributed by atoms with van der Waals surface area (Å²) < 4.78 is 33.6. The summed E-state index contributed by atoms with van der Waals surface area (Å²) in [5.74, 6) is -1.75. The molecule has 1 N–H and O–H groups in total. The Bertz CT molecular complexity index is 1340. The maximum Gasteiger partial charge on any atom is 0.490 e. The molecule has 1 saturated heterocycles. The maximum absolute atomic E-state index is 12.5. The fourth-order valence-corrected chi connectivity index (χ4v) is 3.70. The Morgan fingerprint density at radius 3 is 2.25 bits per heavy atom. The molecule has 0 saturated carbocycles. The van der Waals surface area contributed by atoms with Gasteiger partial charge >= 0.3 is 12.1 Å². The minimum absolute atomic E-state index is 0.0681. The topological polar surface area (TPSA) is 126 Å². The number of rotatable bonds is 3. The van der Waals surface area contributed by atoms with Crippen LogP contribution in [-0.2, 0) is 4.79 Å². The number of alkyl halides is 3. The molecule has 4 aromatic heterocycles. The van der Waals surface area contributed by atoms with E-state index in [-0.39, 0.29) is 11.8 Å². The third kappa shape index (κ3) is 5.79. The summed E-state index contributed by atoms with van der Waals surface area (Å²) in [6.45, 7) is 1.33. The lowest BCUT2D eigenvalue weighted by atomic mass is 9.96. The van der Waals surface area contributed by atoms with Crippen molar-refractivity contribution in [3.05, 3.63) is 73.0 Å². The number of piperidine rings is 1. The molecule has 0 spiro atoms. The van der Waals surface area contributed by atoms with Crippen LogP contribution in [0.4, 0.5) is 13.2 Å². The van der Waals surface area contributed by atoms with Crippen molar-refractivity contribution in [2.24, 2.45) is 0 Å². The Hall–Kier alpha value is -4.42. The van der Waals surface area contributed by atoms with Gasteiger partial charge in [-0.25, -0.2) is 19.3 Å². The number of likely N-dealkylation sites (tertiary alicyclic amines) is 1. The fraction of sp³-hybridized carbons (Fsp3) is 0.261. The zero-order chi connectivity index (χ0) is 25.7. The van der Waals surface area contributed by atoms with Crippen LogP contribution in [0.1, 0.15) is 35.1 Å². The van der Waals surface area contributed by atoms with Crippen LogP contribution in [-0.4, -0.2) is 70.7 Å². The van der Waals surface area contributed by atoms with E-state index >= 15 is 0 Å². The van der Waals surface area contributed by atoms with Gasteiger partial charge < -0.3 is 10.0 Å². The number of nitrogens with zero attached hydrogens (tertiary/aromatic N) is 7. The van der Waals surface area contributed by atoms with Crippen molar-refractivity contribution >= 4 is 17.5 Å². The highest BCUT2D eigenvalue weighted by atomic mass is 19.4. The standard InChI is InChI=1S/C21H19N7O.C2HF3O2/c29-21(18-13-23-9-10-24-18)27-11-5-16(6-12-27)20-25-19-2-1-17(14-28(19)26-20)15-3-7-22-8-4-15;3-2(4,5)1(6)7/h1-4,7-10,13-14,16H,5-6,11-12H2;(H,6,7). The number of carbonyl (C=O) groups excluding carboxylic acids is 1. The van der Waals surface area contributed by atoms with Gasteiger partial charge in [0, 0.05) is 55.6 Å². The minimum atomic E-state index is -5.08. The highest BCUT2D eigenvalue weighted by Gasteiger charge is 2.38. The Kier molecular flexibility index (Phi) is 7.17. The molecule has 4 aromatic rings. The molecule has 10 nitrogen and oxygen atoms in total. The largest absolute Gasteiger partial charge is 0.490 e. The van der Waals surface area contributed by atoms with Gasteiger partial charge in [-0.3, -0.25) is 14.8 Å². The lowest BCUT2D eigenvalue weighted by molar-refractivity contribution is -0.192. The Morgan fingerprint density at radius 2 is 1.64 bits per heavy atom. The summed E-state index contributed by atoms with van der Waals surface area (Å²) in [6.07, 6.45) is 6.76. The molecule has 5 rings (SSSR count). The van der Waals surface area contributed by atoms with Crippen molar-refractivity contribution in [1.82, 2.24) is 34.4 Å². The summed E-state index contributed by atoms with van der Waals surface area (Å²) >= 11 is 0. The van der Waals surface area contributed by atoms with Crippen molar-refractivity contribution in [2.75, 3.05) is 13.1 Å². The monoisotopic (exact) mass is 499 g/mol. The van der Waals surface area contributed by atoms with E-state index < -0.39 is 12.1 Å². The first-order valence-electron chi connectivity index (χ1n) is 10.8. The van der Waals surface area contributed by atoms with Crippen LogP contribution in [0.25, 0.3) is 16.8 Å². The van der Waals surface area contributed by atoms with E-state index in [0.29, 0.717) is 18.8 Å². The average Bonchev–Trinajstić information content (AvgIpc) is 3.33. The third-order valence-corrected chi connectivity index (χ3v) is 5.53. The number of hydrogen-bond donors (Lipinski definition) is 1. The van der Waals surface area contributed by atoms with Crippen LogP contribution in [0, 0.1) is 0 Å². The van der Waals surface area contributed by atoms with E-state index in [9.17, 15) is 18.0 Å². The Morgan fingerprint density at radius 1 is 0.944 bits per heavy atom. The van der Waals surface area contributed by atoms with Crippen molar-refractivity contribution < 1.29 is 27.9 Å². The number of fused-ring (bicyclic) bond motifs is 1. The molecule has 0 unspecified atom stereocenters. The van der Waals surface area contributed by atoms with Gasteiger partial charge in [0.05, 0.1) is 6.20 Å². The van der Waals surface area contributed by atoms with Crippen molar-refractivity contribution in [1.29, 1.82) is 0 Å². The first-order valence-corrected chi connectivity index (χ1v) is 10.8. The molecular weight excluding hydrogens is 479 g/mol. The molecule has 0 radical (unpaired) electrons. The van der Waals surface area contributed by atoms with Crippen molar-refractivity contribution in [3.63, 3.8) is 0 Å². The predicted octanol–water partition coefficient (Wildman–Crippen LogP) is 3.23. The number of aromatic nitrogens is 6. The molecule has 1 fully saturated rings. The smallest absolute Gasteiger partial charge is 0.475 e. The van der Waals surface area contributed by atoms with Crippen molar-refractivity contribution in [2.45, 2.75) is 24.9 Å². The van der Waals surface area contributed by atoms with Gasteiger partial charge in [0.2, 0.25) is 0 Å². The van der Waals surface area contributed by atoms with Gasteiger partial charge in [0.15, 0.2) is 11.5 Å². The molecule has 0 aromatic carbocycles. The second kappa shape index (κ2) is 10.5. The molecule has 0 atom stereocenters. The lowest BCUT2D eigenvalue weighted by Gasteiger charge is -2.30. The zero-order valence-electron chi connectivity index (χ0n) is 18.7. The molecule has 13 heteroatoms. The van der Waals surface area contributed by atoms with Crippen LogP contribution in [0.3, 0.4) is 0 Å². The van der Waals surface area contributed by atoms with E-state index in [1.54, 1.807) is 24.8 Å². The SMILES string of the molecule is O=C(O)C(F)(F)F.O=C(c1cnccn1)N1CCC(c2nc3ccc(-c4ccncc4)cn3n2)CC1. The Balaban J connectivity index is 0.000000384. The van der Waals surface area contributed by atoms with Gasteiger partial charge in [-0.2, -0.15) is 18.3 Å². The summed E-state index contributed by atoms with van der Waals surface area (Å²) in [6, 6.07) is 7.98. The van der Waals surface area contributed by atoms with E-state index in [1.807, 2.05) is 39.9 Å². The summed E-state index contributed by atoms with van der Waals surface area (Å²) in [5, 5.41) is 11.8. The quantitative estimate of drug-likeness (QED) is 0.455. The Labute approximate surface area is 202 Å². The molecular formula is C23H20F3N7O3. The van der Waals surface area contributed by atoms with Gasteiger partial charge in [-0.1, -0.05) is 0 Å². The van der Waals surface area contributed by atoms with Crippen molar-refractivity contribution in [3.8, 4) is 11.1 Å². The number of halogens is 3. The molecule has 186 valence electrons. The summed E-state index contributed by atoms with van der Waals surface area (Å²) in [5.41, 5.74) is 3.38. The number of amides is 1. The zero-order valence-corrected chi connectivity index (χ0v) is 18.7. The maximum atomic E-state index is 12.5. The first-order chi connectivity index (χ1) is 17.2. The second-order valence-electron chi connectivity index (χ2n) is 7.89. The number of pyridine rings is 2. The summed E-state index contributed by atoms with van der Waals surface area (Å²) in [7, 11) is 0. The van der Waals surface area contributed by atoms with Gasteiger partial charge in [-0.05, 0) is 42.7 Å². The van der Waals surface area contributed by atoms with Gasteiger partial charge in [0.25, 0.3) is 5.91 Å². The number of hydrogen-bond acceptors (Lipinski definition) is 7. The van der Waals surface area contributed by atoms with E-state index in [2.05, 4.69) is 15.0 Å². The number of carbonyl (C=O) groups is 2. The van der Waals surface area contributed by atoms with Crippen LogP contribution >= 0.6 is 0 Å². The average molecular weight is 499 g/mol. The van der Waals surface area contributed by atoms with Gasteiger partial charge in [0.1, 0.15) is 5.69 Å². The first kappa shape index (κ1) is 24.7. The van der Waals surface area contributed by atoms with Crippen LogP contribution in [0.15, 0.2) is 61.4 Å². The molecule has 5 heterocycles. The second-order valence-corrected chi connectivity index (χ2v) is 7.89. The number of carboxylic acid groups (broad SMARTS) is 1. The van der Waals surface area contributed by atoms with Gasteiger partial charge in [-0.15, -0.1) is 0 Å². The minimum Gasteiger partial charge on any atom is -0.475 e. The number of carboxylic acids is 1.